The topological polar surface area (TPSA) is 29.5 Å². The molecule has 0 aliphatic carbocycles. The molecule has 1 atom stereocenters. The van der Waals surface area contributed by atoms with Gasteiger partial charge in [-0.25, -0.2) is 0 Å². The zero-order chi connectivity index (χ0) is 12.2. The Morgan fingerprint density at radius 3 is 2.38 bits per heavy atom. The maximum Gasteiger partial charge on any atom is 0.153 e. The number of likely N-dealkylation sites (N-methyl/N-ethyl adjacent to an activating group) is 1. The van der Waals surface area contributed by atoms with Crippen LogP contribution in [0.5, 0.6) is 0 Å². The molecule has 3 nitrogen and oxygen atoms in total. The van der Waals surface area contributed by atoms with E-state index >= 15 is 0 Å². The van der Waals surface area contributed by atoms with Gasteiger partial charge in [-0.3, -0.25) is 9.69 Å². The highest BCUT2D eigenvalue weighted by molar-refractivity contribution is 5.88. The molecule has 3 heteroatoms. The van der Waals surface area contributed by atoms with Crippen LogP contribution < -0.4 is 0 Å². The van der Waals surface area contributed by atoms with Gasteiger partial charge < -0.3 is 4.74 Å². The molecule has 94 valence electrons. The molecule has 1 aliphatic heterocycles. The van der Waals surface area contributed by atoms with E-state index in [9.17, 15) is 4.79 Å². The van der Waals surface area contributed by atoms with E-state index in [1.54, 1.807) is 0 Å². The van der Waals surface area contributed by atoms with Crippen molar-refractivity contribution in [2.45, 2.75) is 45.1 Å². The molecule has 0 spiro atoms. The second kappa shape index (κ2) is 5.78. The predicted octanol–water partition coefficient (Wildman–Crippen LogP) is 2.10. The number of ether oxygens (including phenoxy) is 1. The van der Waals surface area contributed by atoms with Gasteiger partial charge in [-0.15, -0.1) is 0 Å². The number of ketones is 1. The highest BCUT2D eigenvalue weighted by atomic mass is 16.5. The molecule has 0 aromatic carbocycles. The fraction of sp³-hybridized carbons (Fsp3) is 0.923. The summed E-state index contributed by atoms with van der Waals surface area (Å²) >= 11 is 0. The monoisotopic (exact) mass is 227 g/mol. The average molecular weight is 227 g/mol. The minimum Gasteiger partial charge on any atom is -0.381 e. The van der Waals surface area contributed by atoms with E-state index in [4.69, 9.17) is 4.74 Å². The highest BCUT2D eigenvalue weighted by Crippen LogP contribution is 2.25. The van der Waals surface area contributed by atoms with Gasteiger partial charge in [0.1, 0.15) is 0 Å². The van der Waals surface area contributed by atoms with Crippen molar-refractivity contribution in [2.24, 2.45) is 5.92 Å². The van der Waals surface area contributed by atoms with Crippen molar-refractivity contribution < 1.29 is 9.53 Å². The minimum atomic E-state index is -0.293. The van der Waals surface area contributed by atoms with Crippen LogP contribution in [0.2, 0.25) is 0 Å². The summed E-state index contributed by atoms with van der Waals surface area (Å²) in [6, 6.07) is 0. The number of rotatable bonds is 5. The Kier molecular flexibility index (Phi) is 4.93. The Bertz CT molecular complexity index is 234. The lowest BCUT2D eigenvalue weighted by Crippen LogP contribution is -2.48. The van der Waals surface area contributed by atoms with Crippen LogP contribution in [-0.2, 0) is 9.53 Å². The second-order valence-electron chi connectivity index (χ2n) is 5.20. The third kappa shape index (κ3) is 3.05. The van der Waals surface area contributed by atoms with Gasteiger partial charge in [0, 0.05) is 19.6 Å². The molecule has 1 aliphatic rings. The first-order valence-electron chi connectivity index (χ1n) is 6.29. The molecule has 0 bridgehead atoms. The van der Waals surface area contributed by atoms with Gasteiger partial charge >= 0.3 is 0 Å². The number of hydrogen-bond donors (Lipinski definition) is 0. The molecule has 1 unspecified atom stereocenters. The summed E-state index contributed by atoms with van der Waals surface area (Å²) in [6.45, 7) is 5.78. The standard InChI is InChI=1S/C13H25NO2/c1-5-13(2,14(3)4)12(15)10-11-6-8-16-9-7-11/h11H,5-10H2,1-4H3. The molecular weight excluding hydrogens is 202 g/mol. The van der Waals surface area contributed by atoms with E-state index in [0.717, 1.165) is 32.5 Å². The lowest BCUT2D eigenvalue weighted by molar-refractivity contribution is -0.130. The van der Waals surface area contributed by atoms with Gasteiger partial charge in [0.15, 0.2) is 5.78 Å². The number of carbonyl (C=O) groups is 1. The molecule has 0 saturated carbocycles. The normalized spacial score (nSPS) is 22.1. The summed E-state index contributed by atoms with van der Waals surface area (Å²) in [5, 5.41) is 0. The number of nitrogens with zero attached hydrogens (tertiary/aromatic N) is 1. The third-order valence-corrected chi connectivity index (χ3v) is 4.09. The quantitative estimate of drug-likeness (QED) is 0.720. The molecule has 1 heterocycles. The Morgan fingerprint density at radius 2 is 1.94 bits per heavy atom. The maximum absolute atomic E-state index is 12.3. The molecule has 1 saturated heterocycles. The summed E-state index contributed by atoms with van der Waals surface area (Å²) in [6.07, 6.45) is 3.67. The lowest BCUT2D eigenvalue weighted by Gasteiger charge is -2.35. The van der Waals surface area contributed by atoms with Crippen molar-refractivity contribution in [1.82, 2.24) is 4.90 Å². The van der Waals surface area contributed by atoms with Crippen LogP contribution in [0.1, 0.15) is 39.5 Å². The molecule has 0 aromatic heterocycles. The van der Waals surface area contributed by atoms with Gasteiger partial charge in [0.05, 0.1) is 5.54 Å². The Labute approximate surface area is 99.1 Å². The summed E-state index contributed by atoms with van der Waals surface area (Å²) in [7, 11) is 3.98. The van der Waals surface area contributed by atoms with Crippen molar-refractivity contribution in [3.63, 3.8) is 0 Å². The first kappa shape index (κ1) is 13.7. The van der Waals surface area contributed by atoms with Gasteiger partial charge in [0.2, 0.25) is 0 Å². The largest absolute Gasteiger partial charge is 0.381 e. The highest BCUT2D eigenvalue weighted by Gasteiger charge is 2.34. The molecule has 0 amide bonds. The Balaban J connectivity index is 2.55. The van der Waals surface area contributed by atoms with Crippen LogP contribution in [-0.4, -0.2) is 43.5 Å². The average Bonchev–Trinajstić information content (AvgIpc) is 2.28. The summed E-state index contributed by atoms with van der Waals surface area (Å²) < 4.78 is 5.32. The molecule has 0 N–H and O–H groups in total. The van der Waals surface area contributed by atoms with E-state index in [2.05, 4.69) is 18.7 Å². The first-order valence-corrected chi connectivity index (χ1v) is 6.29. The molecular formula is C13H25NO2. The Morgan fingerprint density at radius 1 is 1.38 bits per heavy atom. The van der Waals surface area contributed by atoms with Crippen molar-refractivity contribution >= 4 is 5.78 Å². The fourth-order valence-corrected chi connectivity index (χ4v) is 2.20. The van der Waals surface area contributed by atoms with Gasteiger partial charge in [-0.1, -0.05) is 6.92 Å². The molecule has 1 fully saturated rings. The van der Waals surface area contributed by atoms with Crippen molar-refractivity contribution in [1.29, 1.82) is 0 Å². The van der Waals surface area contributed by atoms with Crippen LogP contribution in [0.3, 0.4) is 0 Å². The van der Waals surface area contributed by atoms with Gasteiger partial charge in [-0.2, -0.15) is 0 Å². The van der Waals surface area contributed by atoms with E-state index in [1.807, 2.05) is 14.1 Å². The molecule has 0 aromatic rings. The predicted molar refractivity (Wildman–Crippen MR) is 65.6 cm³/mol. The van der Waals surface area contributed by atoms with Crippen molar-refractivity contribution in [3.05, 3.63) is 0 Å². The first-order chi connectivity index (χ1) is 7.50. The van der Waals surface area contributed by atoms with Crippen LogP contribution in [0, 0.1) is 5.92 Å². The zero-order valence-corrected chi connectivity index (χ0v) is 11.1. The van der Waals surface area contributed by atoms with Crippen LogP contribution in [0.4, 0.5) is 0 Å². The molecule has 1 rings (SSSR count). The second-order valence-corrected chi connectivity index (χ2v) is 5.20. The van der Waals surface area contributed by atoms with Crippen molar-refractivity contribution in [2.75, 3.05) is 27.3 Å². The number of Topliss-reactive ketones (excluding diaryl/α,β-unsaturated/α-hetero) is 1. The minimum absolute atomic E-state index is 0.293. The van der Waals surface area contributed by atoms with Crippen LogP contribution in [0.25, 0.3) is 0 Å². The number of carbonyl (C=O) groups excluding carboxylic acids is 1. The smallest absolute Gasteiger partial charge is 0.153 e. The van der Waals surface area contributed by atoms with E-state index in [0.29, 0.717) is 18.1 Å². The van der Waals surface area contributed by atoms with E-state index < -0.39 is 0 Å². The number of hydrogen-bond acceptors (Lipinski definition) is 3. The molecule has 16 heavy (non-hydrogen) atoms. The van der Waals surface area contributed by atoms with Crippen LogP contribution in [0.15, 0.2) is 0 Å². The summed E-state index contributed by atoms with van der Waals surface area (Å²) in [5.41, 5.74) is -0.293. The molecule has 0 radical (unpaired) electrons. The van der Waals surface area contributed by atoms with Crippen molar-refractivity contribution in [3.8, 4) is 0 Å². The Hall–Kier alpha value is -0.410. The third-order valence-electron chi connectivity index (χ3n) is 4.09. The van der Waals surface area contributed by atoms with E-state index in [-0.39, 0.29) is 5.54 Å². The van der Waals surface area contributed by atoms with Crippen LogP contribution >= 0.6 is 0 Å². The summed E-state index contributed by atoms with van der Waals surface area (Å²) in [5.74, 6) is 0.916. The maximum atomic E-state index is 12.3. The lowest BCUT2D eigenvalue weighted by atomic mass is 9.84. The SMILES string of the molecule is CCC(C)(C(=O)CC1CCOCC1)N(C)C. The summed E-state index contributed by atoms with van der Waals surface area (Å²) in [4.78, 5) is 14.4. The zero-order valence-electron chi connectivity index (χ0n) is 11.1. The van der Waals surface area contributed by atoms with Gasteiger partial charge in [0.25, 0.3) is 0 Å². The van der Waals surface area contributed by atoms with Gasteiger partial charge in [-0.05, 0) is 46.2 Å². The van der Waals surface area contributed by atoms with E-state index in [1.165, 1.54) is 0 Å². The fourth-order valence-electron chi connectivity index (χ4n) is 2.20.